The molecule has 0 aliphatic carbocycles. The lowest BCUT2D eigenvalue weighted by Crippen LogP contribution is -2.37. The largest absolute Gasteiger partial charge is 0.394 e. The summed E-state index contributed by atoms with van der Waals surface area (Å²) in [4.78, 5) is 28.6. The molecule has 0 bridgehead atoms. The van der Waals surface area contributed by atoms with Gasteiger partial charge in [0, 0.05) is 36.1 Å². The van der Waals surface area contributed by atoms with Crippen LogP contribution in [0.2, 0.25) is 0 Å². The first-order chi connectivity index (χ1) is 10.0. The molecular formula is C16H18N2O3. The van der Waals surface area contributed by atoms with Gasteiger partial charge in [0.15, 0.2) is 5.78 Å². The molecule has 2 N–H and O–H groups in total. The van der Waals surface area contributed by atoms with Gasteiger partial charge in [-0.3, -0.25) is 9.59 Å². The fourth-order valence-electron chi connectivity index (χ4n) is 1.92. The van der Waals surface area contributed by atoms with E-state index >= 15 is 0 Å². The highest BCUT2D eigenvalue weighted by Gasteiger charge is 2.17. The maximum atomic E-state index is 12.2. The van der Waals surface area contributed by atoms with E-state index in [2.05, 4.69) is 4.98 Å². The summed E-state index contributed by atoms with van der Waals surface area (Å²) in [5.74, 6) is -0.274. The lowest BCUT2D eigenvalue weighted by Gasteiger charge is -2.23. The number of carbonyl (C=O) groups excluding carboxylic acids is 2. The Kier molecular flexibility index (Phi) is 4.55. The maximum Gasteiger partial charge on any atom is 0.253 e. The van der Waals surface area contributed by atoms with E-state index in [0.717, 1.165) is 0 Å². The van der Waals surface area contributed by atoms with E-state index in [9.17, 15) is 9.59 Å². The number of carbonyl (C=O) groups is 2. The highest BCUT2D eigenvalue weighted by molar-refractivity contribution is 6.09. The molecular weight excluding hydrogens is 268 g/mol. The molecule has 1 amide bonds. The van der Waals surface area contributed by atoms with E-state index in [4.69, 9.17) is 5.11 Å². The Balaban J connectivity index is 2.16. The number of H-pyrrole nitrogens is 1. The zero-order chi connectivity index (χ0) is 15.4. The van der Waals surface area contributed by atoms with Gasteiger partial charge in [0.05, 0.1) is 12.6 Å². The molecule has 1 aromatic carbocycles. The summed E-state index contributed by atoms with van der Waals surface area (Å²) >= 11 is 0. The van der Waals surface area contributed by atoms with Crippen LogP contribution in [0.25, 0.3) is 0 Å². The zero-order valence-corrected chi connectivity index (χ0v) is 12.0. The number of hydrogen-bond acceptors (Lipinski definition) is 3. The highest BCUT2D eigenvalue weighted by Crippen LogP contribution is 2.12. The first kappa shape index (κ1) is 15.0. The third-order valence-corrected chi connectivity index (χ3v) is 3.50. The maximum absolute atomic E-state index is 12.2. The summed E-state index contributed by atoms with van der Waals surface area (Å²) in [6, 6.07) is 7.99. The van der Waals surface area contributed by atoms with Gasteiger partial charge in [-0.2, -0.15) is 0 Å². The summed E-state index contributed by atoms with van der Waals surface area (Å²) in [5, 5.41) is 9.08. The van der Waals surface area contributed by atoms with Crippen molar-refractivity contribution in [3.63, 3.8) is 0 Å². The van der Waals surface area contributed by atoms with Crippen LogP contribution in [0.5, 0.6) is 0 Å². The molecule has 2 aromatic rings. The minimum atomic E-state index is -0.251. The first-order valence-electron chi connectivity index (χ1n) is 6.70. The second kappa shape index (κ2) is 6.37. The number of aromatic nitrogens is 1. The second-order valence-electron chi connectivity index (χ2n) is 4.95. The van der Waals surface area contributed by atoms with Crippen LogP contribution in [0.4, 0.5) is 0 Å². The summed E-state index contributed by atoms with van der Waals surface area (Å²) in [6.07, 6.45) is 3.33. The number of rotatable bonds is 5. The molecule has 1 heterocycles. The quantitative estimate of drug-likeness (QED) is 0.822. The molecule has 110 valence electrons. The molecule has 1 atom stereocenters. The molecule has 0 saturated heterocycles. The third kappa shape index (κ3) is 3.20. The number of amides is 1. The number of likely N-dealkylation sites (N-methyl/N-ethyl adjacent to an activating group) is 1. The number of aliphatic hydroxyl groups excluding tert-OH is 1. The number of nitrogens with one attached hydrogen (secondary N) is 1. The number of aromatic amines is 1. The van der Waals surface area contributed by atoms with Crippen LogP contribution in [0.1, 0.15) is 33.2 Å². The van der Waals surface area contributed by atoms with Crippen molar-refractivity contribution in [1.29, 1.82) is 0 Å². The lowest BCUT2D eigenvalue weighted by molar-refractivity contribution is 0.0682. The molecule has 0 radical (unpaired) electrons. The van der Waals surface area contributed by atoms with Crippen LogP contribution in [0.3, 0.4) is 0 Å². The van der Waals surface area contributed by atoms with E-state index in [-0.39, 0.29) is 24.3 Å². The van der Waals surface area contributed by atoms with Gasteiger partial charge in [-0.15, -0.1) is 0 Å². The Hall–Kier alpha value is -2.40. The van der Waals surface area contributed by atoms with Gasteiger partial charge in [-0.25, -0.2) is 0 Å². The monoisotopic (exact) mass is 286 g/mol. The topological polar surface area (TPSA) is 73.4 Å². The Morgan fingerprint density at radius 3 is 2.29 bits per heavy atom. The Morgan fingerprint density at radius 1 is 1.14 bits per heavy atom. The number of nitrogens with zero attached hydrogens (tertiary/aromatic N) is 1. The average molecular weight is 286 g/mol. The van der Waals surface area contributed by atoms with E-state index in [1.165, 1.54) is 4.90 Å². The molecule has 0 spiro atoms. The molecule has 0 saturated carbocycles. The normalized spacial score (nSPS) is 12.0. The molecule has 0 aliphatic heterocycles. The van der Waals surface area contributed by atoms with Gasteiger partial charge < -0.3 is 15.0 Å². The van der Waals surface area contributed by atoms with Crippen LogP contribution >= 0.6 is 0 Å². The lowest BCUT2D eigenvalue weighted by atomic mass is 10.0. The van der Waals surface area contributed by atoms with Crippen LogP contribution < -0.4 is 0 Å². The summed E-state index contributed by atoms with van der Waals surface area (Å²) in [5.41, 5.74) is 1.60. The first-order valence-corrected chi connectivity index (χ1v) is 6.70. The minimum Gasteiger partial charge on any atom is -0.394 e. The number of ketones is 1. The standard InChI is InChI=1S/C16H18N2O3/c1-11(10-19)18(2)16(21)13-5-3-12(4-6-13)15(20)14-7-8-17-9-14/h3-9,11,17,19H,10H2,1-2H3. The van der Waals surface area contributed by atoms with Crippen molar-refractivity contribution in [3.8, 4) is 0 Å². The molecule has 1 unspecified atom stereocenters. The summed E-state index contributed by atoms with van der Waals surface area (Å²) in [6.45, 7) is 1.67. The molecule has 1 aromatic heterocycles. The zero-order valence-electron chi connectivity index (χ0n) is 12.0. The SMILES string of the molecule is CC(CO)N(C)C(=O)c1ccc(C(=O)c2cc[nH]c2)cc1. The molecule has 21 heavy (non-hydrogen) atoms. The van der Waals surface area contributed by atoms with Crippen LogP contribution in [-0.4, -0.2) is 46.4 Å². The summed E-state index contributed by atoms with van der Waals surface area (Å²) < 4.78 is 0. The number of aliphatic hydroxyl groups is 1. The third-order valence-electron chi connectivity index (χ3n) is 3.50. The predicted molar refractivity (Wildman–Crippen MR) is 79.3 cm³/mol. The van der Waals surface area contributed by atoms with Crippen LogP contribution in [0.15, 0.2) is 42.7 Å². The van der Waals surface area contributed by atoms with Crippen molar-refractivity contribution >= 4 is 11.7 Å². The second-order valence-corrected chi connectivity index (χ2v) is 4.95. The van der Waals surface area contributed by atoms with Gasteiger partial charge in [-0.05, 0) is 25.1 Å². The number of hydrogen-bond donors (Lipinski definition) is 2. The van der Waals surface area contributed by atoms with Crippen molar-refractivity contribution in [2.75, 3.05) is 13.7 Å². The van der Waals surface area contributed by atoms with Crippen molar-refractivity contribution in [1.82, 2.24) is 9.88 Å². The van der Waals surface area contributed by atoms with E-state index in [1.54, 1.807) is 56.7 Å². The van der Waals surface area contributed by atoms with Crippen LogP contribution in [-0.2, 0) is 0 Å². The predicted octanol–water partition coefficient (Wildman–Crippen LogP) is 1.70. The van der Waals surface area contributed by atoms with Gasteiger partial charge in [0.1, 0.15) is 0 Å². The fraction of sp³-hybridized carbons (Fsp3) is 0.250. The molecule has 5 heteroatoms. The number of benzene rings is 1. The Bertz CT molecular complexity index is 617. The fourth-order valence-corrected chi connectivity index (χ4v) is 1.92. The van der Waals surface area contributed by atoms with E-state index in [0.29, 0.717) is 16.7 Å². The smallest absolute Gasteiger partial charge is 0.253 e. The Labute approximate surface area is 123 Å². The average Bonchev–Trinajstić information content (AvgIpc) is 3.06. The van der Waals surface area contributed by atoms with Gasteiger partial charge >= 0.3 is 0 Å². The summed E-state index contributed by atoms with van der Waals surface area (Å²) in [7, 11) is 1.64. The van der Waals surface area contributed by atoms with E-state index < -0.39 is 0 Å². The van der Waals surface area contributed by atoms with Gasteiger partial charge in [0.25, 0.3) is 5.91 Å². The molecule has 0 aliphatic rings. The van der Waals surface area contributed by atoms with Crippen molar-refractivity contribution < 1.29 is 14.7 Å². The molecule has 5 nitrogen and oxygen atoms in total. The minimum absolute atomic E-state index is 0.0904. The Morgan fingerprint density at radius 2 is 1.76 bits per heavy atom. The van der Waals surface area contributed by atoms with Crippen LogP contribution in [0, 0.1) is 0 Å². The van der Waals surface area contributed by atoms with Gasteiger partial charge in [0.2, 0.25) is 0 Å². The molecule has 0 fully saturated rings. The van der Waals surface area contributed by atoms with Crippen molar-refractivity contribution in [2.45, 2.75) is 13.0 Å². The van der Waals surface area contributed by atoms with Gasteiger partial charge in [-0.1, -0.05) is 12.1 Å². The van der Waals surface area contributed by atoms with E-state index in [1.807, 2.05) is 0 Å². The highest BCUT2D eigenvalue weighted by atomic mass is 16.3. The van der Waals surface area contributed by atoms with Crippen molar-refractivity contribution in [2.24, 2.45) is 0 Å². The molecule has 2 rings (SSSR count). The van der Waals surface area contributed by atoms with Crippen molar-refractivity contribution in [3.05, 3.63) is 59.4 Å².